The van der Waals surface area contributed by atoms with E-state index in [1.807, 2.05) is 0 Å². The standard InChI is InChI=1S/C15H21NO4/c1-2-8-5-11-12(6-8)14(18)16(13(11)17)10-4-3-9(7-10)15(19)20/h8-12H,2-7H2,1H3,(H,19,20)/t8?,9-,10+,11?,12?/m1/s1. The van der Waals surface area contributed by atoms with Gasteiger partial charge in [-0.2, -0.15) is 0 Å². The van der Waals surface area contributed by atoms with Gasteiger partial charge in [0.05, 0.1) is 17.8 Å². The van der Waals surface area contributed by atoms with Gasteiger partial charge in [0.25, 0.3) is 0 Å². The first kappa shape index (κ1) is 13.6. The molecule has 0 radical (unpaired) electrons. The molecule has 5 heteroatoms. The van der Waals surface area contributed by atoms with Crippen LogP contribution in [0.5, 0.6) is 0 Å². The maximum atomic E-state index is 12.5. The molecule has 2 saturated carbocycles. The highest BCUT2D eigenvalue weighted by molar-refractivity contribution is 6.05. The van der Waals surface area contributed by atoms with Crippen molar-refractivity contribution < 1.29 is 19.5 Å². The lowest BCUT2D eigenvalue weighted by Gasteiger charge is -2.24. The predicted octanol–water partition coefficient (Wildman–Crippen LogP) is 1.66. The number of hydrogen-bond acceptors (Lipinski definition) is 3. The van der Waals surface area contributed by atoms with Gasteiger partial charge in [-0.1, -0.05) is 13.3 Å². The fraction of sp³-hybridized carbons (Fsp3) is 0.800. The van der Waals surface area contributed by atoms with Crippen LogP contribution in [0.4, 0.5) is 0 Å². The molecule has 2 unspecified atom stereocenters. The van der Waals surface area contributed by atoms with Crippen molar-refractivity contribution >= 4 is 17.8 Å². The maximum absolute atomic E-state index is 12.5. The molecule has 2 amide bonds. The number of carboxylic acids is 1. The third-order valence-corrected chi connectivity index (χ3v) is 5.47. The minimum atomic E-state index is -0.808. The molecule has 1 saturated heterocycles. The lowest BCUT2D eigenvalue weighted by Crippen LogP contribution is -2.40. The lowest BCUT2D eigenvalue weighted by molar-refractivity contribution is -0.145. The molecule has 5 nitrogen and oxygen atoms in total. The molecule has 0 aromatic rings. The summed E-state index contributed by atoms with van der Waals surface area (Å²) in [5.41, 5.74) is 0. The van der Waals surface area contributed by atoms with Gasteiger partial charge in [0, 0.05) is 6.04 Å². The van der Waals surface area contributed by atoms with Crippen molar-refractivity contribution in [2.45, 2.75) is 51.5 Å². The van der Waals surface area contributed by atoms with Crippen molar-refractivity contribution in [1.82, 2.24) is 4.90 Å². The van der Waals surface area contributed by atoms with Crippen LogP contribution in [0.15, 0.2) is 0 Å². The Morgan fingerprint density at radius 2 is 1.75 bits per heavy atom. The van der Waals surface area contributed by atoms with Gasteiger partial charge < -0.3 is 5.11 Å². The van der Waals surface area contributed by atoms with Crippen LogP contribution < -0.4 is 0 Å². The summed E-state index contributed by atoms with van der Waals surface area (Å²) >= 11 is 0. The fourth-order valence-electron chi connectivity index (χ4n) is 4.26. The second kappa shape index (κ2) is 4.86. The highest BCUT2D eigenvalue weighted by atomic mass is 16.4. The number of carboxylic acid groups (broad SMARTS) is 1. The van der Waals surface area contributed by atoms with Crippen molar-refractivity contribution in [1.29, 1.82) is 0 Å². The topological polar surface area (TPSA) is 74.7 Å². The quantitative estimate of drug-likeness (QED) is 0.797. The molecule has 110 valence electrons. The zero-order valence-electron chi connectivity index (χ0n) is 11.7. The summed E-state index contributed by atoms with van der Waals surface area (Å²) in [5, 5.41) is 9.05. The second-order valence-electron chi connectivity index (χ2n) is 6.51. The first-order chi connectivity index (χ1) is 9.52. The SMILES string of the molecule is CCC1CC2C(=O)N([C@H]3CC[C@@H](C(=O)O)C3)C(=O)C2C1. The van der Waals surface area contributed by atoms with E-state index in [0.717, 1.165) is 19.3 Å². The van der Waals surface area contributed by atoms with Crippen LogP contribution in [0, 0.1) is 23.7 Å². The lowest BCUT2D eigenvalue weighted by atomic mass is 10.00. The Morgan fingerprint density at radius 3 is 2.20 bits per heavy atom. The van der Waals surface area contributed by atoms with Crippen LogP contribution in [0.25, 0.3) is 0 Å². The van der Waals surface area contributed by atoms with Crippen LogP contribution in [0.2, 0.25) is 0 Å². The third-order valence-electron chi connectivity index (χ3n) is 5.47. The van der Waals surface area contributed by atoms with E-state index in [-0.39, 0.29) is 29.7 Å². The summed E-state index contributed by atoms with van der Waals surface area (Å²) in [6.45, 7) is 2.10. The number of nitrogens with zero attached hydrogens (tertiary/aromatic N) is 1. The molecule has 2 aliphatic carbocycles. The van der Waals surface area contributed by atoms with Gasteiger partial charge >= 0.3 is 5.97 Å². The Labute approximate surface area is 118 Å². The number of fused-ring (bicyclic) bond motifs is 1. The van der Waals surface area contributed by atoms with Gasteiger partial charge in [0.1, 0.15) is 0 Å². The van der Waals surface area contributed by atoms with Gasteiger partial charge in [-0.05, 0) is 38.0 Å². The van der Waals surface area contributed by atoms with E-state index in [1.54, 1.807) is 0 Å². The number of hydrogen-bond donors (Lipinski definition) is 1. The highest BCUT2D eigenvalue weighted by Crippen LogP contribution is 2.46. The van der Waals surface area contributed by atoms with Gasteiger partial charge in [-0.3, -0.25) is 19.3 Å². The van der Waals surface area contributed by atoms with Crippen molar-refractivity contribution in [3.8, 4) is 0 Å². The number of rotatable bonds is 3. The molecule has 3 fully saturated rings. The van der Waals surface area contributed by atoms with E-state index in [9.17, 15) is 14.4 Å². The summed E-state index contributed by atoms with van der Waals surface area (Å²) in [4.78, 5) is 37.4. The summed E-state index contributed by atoms with van der Waals surface area (Å²) < 4.78 is 0. The molecule has 20 heavy (non-hydrogen) atoms. The summed E-state index contributed by atoms with van der Waals surface area (Å²) in [6.07, 6.45) is 4.34. The van der Waals surface area contributed by atoms with E-state index in [1.165, 1.54) is 4.90 Å². The van der Waals surface area contributed by atoms with Crippen LogP contribution in [0.1, 0.15) is 45.4 Å². The average Bonchev–Trinajstić information content (AvgIpc) is 3.08. The fourth-order valence-corrected chi connectivity index (χ4v) is 4.26. The number of amides is 2. The van der Waals surface area contributed by atoms with Crippen LogP contribution in [-0.2, 0) is 14.4 Å². The molecule has 3 aliphatic rings. The van der Waals surface area contributed by atoms with Gasteiger partial charge in [0.2, 0.25) is 11.8 Å². The Kier molecular flexibility index (Phi) is 3.30. The molecular weight excluding hydrogens is 258 g/mol. The monoisotopic (exact) mass is 279 g/mol. The average molecular weight is 279 g/mol. The van der Waals surface area contributed by atoms with Crippen molar-refractivity contribution in [2.75, 3.05) is 0 Å². The van der Waals surface area contributed by atoms with E-state index in [4.69, 9.17) is 5.11 Å². The Hall–Kier alpha value is -1.39. The first-order valence-corrected chi connectivity index (χ1v) is 7.62. The van der Waals surface area contributed by atoms with Gasteiger partial charge in [-0.25, -0.2) is 0 Å². The molecule has 4 atom stereocenters. The highest BCUT2D eigenvalue weighted by Gasteiger charge is 2.54. The maximum Gasteiger partial charge on any atom is 0.306 e. The number of likely N-dealkylation sites (tertiary alicyclic amines) is 1. The van der Waals surface area contributed by atoms with Crippen LogP contribution in [-0.4, -0.2) is 33.8 Å². The summed E-state index contributed by atoms with van der Waals surface area (Å²) in [6, 6.07) is -0.179. The van der Waals surface area contributed by atoms with Crippen LogP contribution in [0.3, 0.4) is 0 Å². The molecule has 1 N–H and O–H groups in total. The molecule has 0 bridgehead atoms. The molecule has 1 aliphatic heterocycles. The summed E-state index contributed by atoms with van der Waals surface area (Å²) in [7, 11) is 0. The minimum Gasteiger partial charge on any atom is -0.481 e. The number of imide groups is 1. The Balaban J connectivity index is 1.73. The number of carbonyl (C=O) groups excluding carboxylic acids is 2. The van der Waals surface area contributed by atoms with E-state index >= 15 is 0 Å². The Morgan fingerprint density at radius 1 is 1.15 bits per heavy atom. The number of aliphatic carboxylic acids is 1. The van der Waals surface area contributed by atoms with E-state index < -0.39 is 11.9 Å². The van der Waals surface area contributed by atoms with Gasteiger partial charge in [-0.15, -0.1) is 0 Å². The Bertz CT molecular complexity index is 437. The summed E-state index contributed by atoms with van der Waals surface area (Å²) in [5.74, 6) is -1.04. The zero-order chi connectivity index (χ0) is 14.4. The van der Waals surface area contributed by atoms with Crippen LogP contribution >= 0.6 is 0 Å². The molecule has 0 aromatic carbocycles. The molecular formula is C15H21NO4. The smallest absolute Gasteiger partial charge is 0.306 e. The first-order valence-electron chi connectivity index (χ1n) is 7.62. The third kappa shape index (κ3) is 1.95. The van der Waals surface area contributed by atoms with Gasteiger partial charge in [0.15, 0.2) is 0 Å². The van der Waals surface area contributed by atoms with Crippen molar-refractivity contribution in [2.24, 2.45) is 23.7 Å². The van der Waals surface area contributed by atoms with E-state index in [0.29, 0.717) is 25.2 Å². The molecule has 3 rings (SSSR count). The van der Waals surface area contributed by atoms with Crippen molar-refractivity contribution in [3.63, 3.8) is 0 Å². The normalized spacial score (nSPS) is 40.5. The zero-order valence-corrected chi connectivity index (χ0v) is 11.7. The molecule has 0 spiro atoms. The minimum absolute atomic E-state index is 0.0352. The molecule has 0 aromatic heterocycles. The second-order valence-corrected chi connectivity index (χ2v) is 6.51. The van der Waals surface area contributed by atoms with Crippen molar-refractivity contribution in [3.05, 3.63) is 0 Å². The van der Waals surface area contributed by atoms with E-state index in [2.05, 4.69) is 6.92 Å². The largest absolute Gasteiger partial charge is 0.481 e. The molecule has 1 heterocycles. The number of carbonyl (C=O) groups is 3. The predicted molar refractivity (Wildman–Crippen MR) is 70.6 cm³/mol.